The Hall–Kier alpha value is -2.55. The van der Waals surface area contributed by atoms with Gasteiger partial charge in [-0.05, 0) is 54.8 Å². The summed E-state index contributed by atoms with van der Waals surface area (Å²) in [5.41, 5.74) is 2.17. The van der Waals surface area contributed by atoms with Gasteiger partial charge >= 0.3 is 5.97 Å². The molecular formula is C20H22O3. The molecule has 23 heavy (non-hydrogen) atoms. The molecular weight excluding hydrogens is 288 g/mol. The predicted octanol–water partition coefficient (Wildman–Crippen LogP) is 4.66. The van der Waals surface area contributed by atoms with E-state index in [2.05, 4.69) is 6.92 Å². The highest BCUT2D eigenvalue weighted by Gasteiger charge is 2.01. The number of aryl methyl sites for hydroxylation is 1. The normalized spacial score (nSPS) is 10.7. The third-order valence-electron chi connectivity index (χ3n) is 3.28. The molecule has 0 aromatic heterocycles. The fourth-order valence-corrected chi connectivity index (χ4v) is 2.17. The summed E-state index contributed by atoms with van der Waals surface area (Å²) in [5, 5.41) is 0. The van der Waals surface area contributed by atoms with E-state index in [0.29, 0.717) is 12.4 Å². The van der Waals surface area contributed by atoms with Crippen molar-refractivity contribution in [2.24, 2.45) is 0 Å². The minimum absolute atomic E-state index is 0.387. The van der Waals surface area contributed by atoms with Crippen LogP contribution in [-0.4, -0.2) is 12.6 Å². The lowest BCUT2D eigenvalue weighted by atomic mass is 10.1. The molecule has 0 radical (unpaired) electrons. The van der Waals surface area contributed by atoms with Gasteiger partial charge < -0.3 is 9.47 Å². The number of hydrogen-bond acceptors (Lipinski definition) is 3. The molecule has 0 spiro atoms. The topological polar surface area (TPSA) is 35.5 Å². The molecule has 0 bridgehead atoms. The molecule has 0 aliphatic carbocycles. The van der Waals surface area contributed by atoms with Gasteiger partial charge in [0.15, 0.2) is 0 Å². The van der Waals surface area contributed by atoms with Crippen molar-refractivity contribution in [3.05, 3.63) is 65.7 Å². The summed E-state index contributed by atoms with van der Waals surface area (Å²) in [4.78, 5) is 11.8. The smallest absolute Gasteiger partial charge is 0.336 e. The van der Waals surface area contributed by atoms with Crippen molar-refractivity contribution in [3.63, 3.8) is 0 Å². The highest BCUT2D eigenvalue weighted by atomic mass is 16.5. The average molecular weight is 310 g/mol. The molecule has 2 aromatic rings. The van der Waals surface area contributed by atoms with E-state index < -0.39 is 0 Å². The Kier molecular flexibility index (Phi) is 6.42. The molecule has 0 aliphatic rings. The number of esters is 1. The Labute approximate surface area is 137 Å². The summed E-state index contributed by atoms with van der Waals surface area (Å²) in [6.07, 6.45) is 5.29. The third kappa shape index (κ3) is 5.62. The van der Waals surface area contributed by atoms with Crippen LogP contribution in [-0.2, 0) is 11.2 Å². The van der Waals surface area contributed by atoms with Crippen LogP contribution >= 0.6 is 0 Å². The van der Waals surface area contributed by atoms with Crippen LogP contribution in [0.3, 0.4) is 0 Å². The maximum Gasteiger partial charge on any atom is 0.336 e. The molecule has 0 atom stereocenters. The van der Waals surface area contributed by atoms with Gasteiger partial charge in [-0.2, -0.15) is 0 Å². The van der Waals surface area contributed by atoms with Crippen molar-refractivity contribution >= 4 is 12.0 Å². The molecule has 3 nitrogen and oxygen atoms in total. The number of rotatable bonds is 7. The van der Waals surface area contributed by atoms with Crippen LogP contribution in [0.15, 0.2) is 54.6 Å². The van der Waals surface area contributed by atoms with Gasteiger partial charge in [0.25, 0.3) is 0 Å². The zero-order valence-electron chi connectivity index (χ0n) is 13.6. The van der Waals surface area contributed by atoms with Crippen LogP contribution in [0.25, 0.3) is 6.08 Å². The molecule has 0 N–H and O–H groups in total. The molecule has 2 rings (SSSR count). The van der Waals surface area contributed by atoms with Crippen molar-refractivity contribution in [1.82, 2.24) is 0 Å². The van der Waals surface area contributed by atoms with E-state index in [1.54, 1.807) is 6.08 Å². The first-order chi connectivity index (χ1) is 11.2. The number of hydrogen-bond donors (Lipinski definition) is 0. The van der Waals surface area contributed by atoms with Crippen molar-refractivity contribution in [2.75, 3.05) is 6.61 Å². The molecule has 0 amide bonds. The number of carbonyl (C=O) groups excluding carboxylic acids is 1. The van der Waals surface area contributed by atoms with E-state index >= 15 is 0 Å². The first kappa shape index (κ1) is 16.8. The highest BCUT2D eigenvalue weighted by Crippen LogP contribution is 2.15. The quantitative estimate of drug-likeness (QED) is 0.424. The highest BCUT2D eigenvalue weighted by molar-refractivity contribution is 5.88. The summed E-state index contributed by atoms with van der Waals surface area (Å²) < 4.78 is 10.7. The van der Waals surface area contributed by atoms with E-state index in [1.165, 1.54) is 11.6 Å². The van der Waals surface area contributed by atoms with Crippen LogP contribution in [0.1, 0.15) is 31.4 Å². The summed E-state index contributed by atoms with van der Waals surface area (Å²) >= 11 is 0. The molecule has 0 saturated heterocycles. The Bertz CT molecular complexity index is 640. The first-order valence-corrected chi connectivity index (χ1v) is 7.93. The minimum Gasteiger partial charge on any atom is -0.494 e. The zero-order valence-corrected chi connectivity index (χ0v) is 13.6. The first-order valence-electron chi connectivity index (χ1n) is 7.93. The van der Waals surface area contributed by atoms with Gasteiger partial charge in [0, 0.05) is 6.08 Å². The van der Waals surface area contributed by atoms with Crippen molar-refractivity contribution in [1.29, 1.82) is 0 Å². The zero-order chi connectivity index (χ0) is 16.5. The van der Waals surface area contributed by atoms with E-state index in [0.717, 1.165) is 24.2 Å². The molecule has 3 heteroatoms. The van der Waals surface area contributed by atoms with Gasteiger partial charge in [-0.1, -0.05) is 37.6 Å². The second-order valence-electron chi connectivity index (χ2n) is 5.15. The van der Waals surface area contributed by atoms with E-state index in [-0.39, 0.29) is 5.97 Å². The number of carbonyl (C=O) groups is 1. The monoisotopic (exact) mass is 310 g/mol. The average Bonchev–Trinajstić information content (AvgIpc) is 2.57. The van der Waals surface area contributed by atoms with Crippen LogP contribution in [0, 0.1) is 0 Å². The fourth-order valence-electron chi connectivity index (χ4n) is 2.17. The molecule has 0 unspecified atom stereocenters. The largest absolute Gasteiger partial charge is 0.494 e. The Morgan fingerprint density at radius 3 is 2.22 bits per heavy atom. The van der Waals surface area contributed by atoms with Gasteiger partial charge in [0.05, 0.1) is 6.61 Å². The Morgan fingerprint density at radius 2 is 1.61 bits per heavy atom. The van der Waals surface area contributed by atoms with Crippen molar-refractivity contribution in [2.45, 2.75) is 26.7 Å². The fraction of sp³-hybridized carbons (Fsp3) is 0.250. The molecule has 120 valence electrons. The summed E-state index contributed by atoms with van der Waals surface area (Å²) in [6, 6.07) is 15.2. The lowest BCUT2D eigenvalue weighted by molar-refractivity contribution is -0.128. The summed E-state index contributed by atoms with van der Waals surface area (Å²) in [7, 11) is 0. The van der Waals surface area contributed by atoms with Gasteiger partial charge in [0.2, 0.25) is 0 Å². The maximum atomic E-state index is 11.8. The molecule has 2 aromatic carbocycles. The van der Waals surface area contributed by atoms with Gasteiger partial charge in [-0.3, -0.25) is 0 Å². The van der Waals surface area contributed by atoms with Crippen LogP contribution in [0.4, 0.5) is 0 Å². The molecule has 0 fully saturated rings. The van der Waals surface area contributed by atoms with E-state index in [9.17, 15) is 4.79 Å². The maximum absolute atomic E-state index is 11.8. The van der Waals surface area contributed by atoms with Gasteiger partial charge in [-0.15, -0.1) is 0 Å². The minimum atomic E-state index is -0.387. The Balaban J connectivity index is 1.90. The molecule has 0 saturated carbocycles. The molecule has 0 heterocycles. The van der Waals surface area contributed by atoms with E-state index in [4.69, 9.17) is 9.47 Å². The third-order valence-corrected chi connectivity index (χ3v) is 3.28. The second kappa shape index (κ2) is 8.79. The van der Waals surface area contributed by atoms with Crippen LogP contribution < -0.4 is 9.47 Å². The summed E-state index contributed by atoms with van der Waals surface area (Å²) in [5.74, 6) is 0.993. The standard InChI is InChI=1S/C20H22O3/c1-3-5-16-8-13-19(14-9-16)23-20(21)15-10-17-6-11-18(12-7-17)22-4-2/h6-15H,3-5H2,1-2H3/b15-10+. The van der Waals surface area contributed by atoms with Crippen LogP contribution in [0.2, 0.25) is 0 Å². The lowest BCUT2D eigenvalue weighted by Gasteiger charge is -2.03. The van der Waals surface area contributed by atoms with Gasteiger partial charge in [0.1, 0.15) is 11.5 Å². The number of ether oxygens (including phenoxy) is 2. The second-order valence-corrected chi connectivity index (χ2v) is 5.15. The molecule has 0 aliphatic heterocycles. The summed E-state index contributed by atoms with van der Waals surface area (Å²) in [6.45, 7) is 4.72. The van der Waals surface area contributed by atoms with Crippen molar-refractivity contribution < 1.29 is 14.3 Å². The predicted molar refractivity (Wildman–Crippen MR) is 92.7 cm³/mol. The Morgan fingerprint density at radius 1 is 0.957 bits per heavy atom. The van der Waals surface area contributed by atoms with Crippen molar-refractivity contribution in [3.8, 4) is 11.5 Å². The van der Waals surface area contributed by atoms with E-state index in [1.807, 2.05) is 55.5 Å². The SMILES string of the molecule is CCCc1ccc(OC(=O)/C=C/c2ccc(OCC)cc2)cc1. The van der Waals surface area contributed by atoms with Gasteiger partial charge in [-0.25, -0.2) is 4.79 Å². The number of benzene rings is 2. The lowest BCUT2D eigenvalue weighted by Crippen LogP contribution is -2.03. The van der Waals surface area contributed by atoms with Crippen LogP contribution in [0.5, 0.6) is 11.5 Å².